The molecule has 1 atom stereocenters. The van der Waals surface area contributed by atoms with Crippen LogP contribution in [0.25, 0.3) is 11.3 Å². The van der Waals surface area contributed by atoms with Crippen LogP contribution in [0, 0.1) is 0 Å². The number of aromatic nitrogens is 1. The molecule has 0 saturated carbocycles. The van der Waals surface area contributed by atoms with Crippen LogP contribution in [0.1, 0.15) is 6.92 Å². The van der Waals surface area contributed by atoms with Gasteiger partial charge in [0.15, 0.2) is 4.34 Å². The first-order chi connectivity index (χ1) is 12.5. The van der Waals surface area contributed by atoms with Crippen molar-refractivity contribution in [3.63, 3.8) is 0 Å². The highest BCUT2D eigenvalue weighted by Crippen LogP contribution is 2.30. The van der Waals surface area contributed by atoms with Gasteiger partial charge in [-0.3, -0.25) is 19.3 Å². The van der Waals surface area contributed by atoms with E-state index < -0.39 is 0 Å². The zero-order chi connectivity index (χ0) is 18.5. The first-order valence-electron chi connectivity index (χ1n) is 7.97. The predicted molar refractivity (Wildman–Crippen MR) is 105 cm³/mol. The summed E-state index contributed by atoms with van der Waals surface area (Å²) in [6, 6.07) is 9.88. The van der Waals surface area contributed by atoms with Crippen molar-refractivity contribution in [1.29, 1.82) is 0 Å². The Labute approximate surface area is 163 Å². The summed E-state index contributed by atoms with van der Waals surface area (Å²) in [7, 11) is 0. The van der Waals surface area contributed by atoms with Gasteiger partial charge in [0.2, 0.25) is 11.8 Å². The van der Waals surface area contributed by atoms with E-state index in [0.717, 1.165) is 27.4 Å². The fraction of sp³-hybridized carbons (Fsp3) is 0.294. The van der Waals surface area contributed by atoms with Crippen molar-refractivity contribution in [3.05, 3.63) is 35.7 Å². The molecule has 1 aliphatic heterocycles. The molecule has 1 aliphatic rings. The Morgan fingerprint density at radius 2 is 2.12 bits per heavy atom. The number of hydrogen-bond acceptors (Lipinski definition) is 7. The molecular weight excluding hydrogens is 390 g/mol. The van der Waals surface area contributed by atoms with Gasteiger partial charge in [-0.2, -0.15) is 0 Å². The number of carbonyl (C=O) groups excluding carboxylic acids is 3. The van der Waals surface area contributed by atoms with E-state index >= 15 is 0 Å². The topological polar surface area (TPSA) is 79.4 Å². The summed E-state index contributed by atoms with van der Waals surface area (Å²) in [6.07, 6.45) is 0. The minimum Gasteiger partial charge on any atom is -0.353 e. The zero-order valence-corrected chi connectivity index (χ0v) is 16.5. The van der Waals surface area contributed by atoms with Gasteiger partial charge in [0.1, 0.15) is 0 Å². The number of thiazole rings is 1. The van der Waals surface area contributed by atoms with Crippen molar-refractivity contribution >= 4 is 51.9 Å². The van der Waals surface area contributed by atoms with Gasteiger partial charge in [0.25, 0.3) is 5.24 Å². The highest BCUT2D eigenvalue weighted by molar-refractivity contribution is 8.14. The Balaban J connectivity index is 1.48. The number of carbonyl (C=O) groups is 3. The second-order valence-corrected chi connectivity index (χ2v) is 8.89. The smallest absolute Gasteiger partial charge is 0.288 e. The van der Waals surface area contributed by atoms with Crippen LogP contribution in [0.5, 0.6) is 0 Å². The molecule has 0 bridgehead atoms. The summed E-state index contributed by atoms with van der Waals surface area (Å²) >= 11 is 3.90. The Kier molecular flexibility index (Phi) is 6.33. The van der Waals surface area contributed by atoms with Gasteiger partial charge in [-0.15, -0.1) is 11.3 Å². The molecule has 1 aromatic heterocycles. The molecule has 2 heterocycles. The normalized spacial score (nSPS) is 15.3. The van der Waals surface area contributed by atoms with E-state index in [4.69, 9.17) is 0 Å². The summed E-state index contributed by atoms with van der Waals surface area (Å²) in [5, 5.41) is 4.18. The van der Waals surface area contributed by atoms with Gasteiger partial charge in [-0.1, -0.05) is 53.9 Å². The molecule has 0 unspecified atom stereocenters. The highest BCUT2D eigenvalue weighted by Gasteiger charge is 2.29. The summed E-state index contributed by atoms with van der Waals surface area (Å²) in [5.41, 5.74) is 1.94. The monoisotopic (exact) mass is 407 g/mol. The van der Waals surface area contributed by atoms with Crippen LogP contribution < -0.4 is 5.32 Å². The van der Waals surface area contributed by atoms with Crippen LogP contribution in [-0.2, 0) is 9.59 Å². The number of amides is 3. The SMILES string of the molecule is C[C@@H](Sc1nc(-c2ccccc2)cs1)C(=O)NCCN1C(=O)CSC1=O. The number of nitrogens with one attached hydrogen (secondary N) is 1. The largest absolute Gasteiger partial charge is 0.353 e. The van der Waals surface area contributed by atoms with E-state index in [1.54, 1.807) is 0 Å². The van der Waals surface area contributed by atoms with Crippen LogP contribution in [0.15, 0.2) is 40.1 Å². The molecule has 1 saturated heterocycles. The van der Waals surface area contributed by atoms with E-state index in [1.807, 2.05) is 42.6 Å². The van der Waals surface area contributed by atoms with Crippen LogP contribution >= 0.6 is 34.9 Å². The fourth-order valence-electron chi connectivity index (χ4n) is 2.29. The average molecular weight is 408 g/mol. The second-order valence-electron chi connectivity index (χ2n) is 5.52. The van der Waals surface area contributed by atoms with E-state index in [9.17, 15) is 14.4 Å². The van der Waals surface area contributed by atoms with Crippen LogP contribution in [0.4, 0.5) is 4.79 Å². The standard InChI is InChI=1S/C17H17N3O3S3/c1-11(15(22)18-7-8-20-14(21)10-25-17(20)23)26-16-19-13(9-24-16)12-5-3-2-4-6-12/h2-6,9,11H,7-8,10H2,1H3,(H,18,22)/t11-/m1/s1. The van der Waals surface area contributed by atoms with Crippen LogP contribution in [0.3, 0.4) is 0 Å². The maximum atomic E-state index is 12.2. The first kappa shape index (κ1) is 18.9. The van der Waals surface area contributed by atoms with Crippen molar-refractivity contribution in [3.8, 4) is 11.3 Å². The summed E-state index contributed by atoms with van der Waals surface area (Å²) in [5.74, 6) is -0.154. The summed E-state index contributed by atoms with van der Waals surface area (Å²) in [6.45, 7) is 2.28. The highest BCUT2D eigenvalue weighted by atomic mass is 32.2. The lowest BCUT2D eigenvalue weighted by Crippen LogP contribution is -2.39. The first-order valence-corrected chi connectivity index (χ1v) is 10.7. The molecule has 1 aromatic carbocycles. The molecule has 1 fully saturated rings. The molecular formula is C17H17N3O3S3. The molecule has 136 valence electrons. The number of thioether (sulfide) groups is 2. The molecule has 3 rings (SSSR count). The average Bonchev–Trinajstić information content (AvgIpc) is 3.23. The lowest BCUT2D eigenvalue weighted by atomic mass is 10.2. The van der Waals surface area contributed by atoms with Crippen molar-refractivity contribution in [2.75, 3.05) is 18.8 Å². The van der Waals surface area contributed by atoms with Crippen molar-refractivity contribution in [1.82, 2.24) is 15.2 Å². The maximum Gasteiger partial charge on any atom is 0.288 e. The Morgan fingerprint density at radius 1 is 1.35 bits per heavy atom. The second kappa shape index (κ2) is 8.70. The maximum absolute atomic E-state index is 12.2. The lowest BCUT2D eigenvalue weighted by molar-refractivity contribution is -0.125. The van der Waals surface area contributed by atoms with Gasteiger partial charge in [-0.05, 0) is 6.92 Å². The predicted octanol–water partition coefficient (Wildman–Crippen LogP) is 3.10. The molecule has 0 radical (unpaired) electrons. The van der Waals surface area contributed by atoms with E-state index in [0.29, 0.717) is 0 Å². The van der Waals surface area contributed by atoms with Gasteiger partial charge in [0.05, 0.1) is 16.7 Å². The van der Waals surface area contributed by atoms with Crippen LogP contribution in [0.2, 0.25) is 0 Å². The molecule has 26 heavy (non-hydrogen) atoms. The summed E-state index contributed by atoms with van der Waals surface area (Å²) < 4.78 is 0.827. The number of imide groups is 1. The van der Waals surface area contributed by atoms with Crippen molar-refractivity contribution < 1.29 is 14.4 Å². The minimum absolute atomic E-state index is 0.141. The molecule has 6 nitrogen and oxygen atoms in total. The molecule has 0 aliphatic carbocycles. The third-order valence-electron chi connectivity index (χ3n) is 3.67. The van der Waals surface area contributed by atoms with Gasteiger partial charge >= 0.3 is 0 Å². The number of benzene rings is 1. The number of hydrogen-bond donors (Lipinski definition) is 1. The van der Waals surface area contributed by atoms with Crippen LogP contribution in [-0.4, -0.2) is 51.0 Å². The minimum atomic E-state index is -0.316. The van der Waals surface area contributed by atoms with Gasteiger partial charge in [-0.25, -0.2) is 4.98 Å². The Hall–Kier alpha value is -1.84. The van der Waals surface area contributed by atoms with Crippen molar-refractivity contribution in [2.45, 2.75) is 16.5 Å². The third kappa shape index (κ3) is 4.66. The Bertz CT molecular complexity index is 794. The number of nitrogens with zero attached hydrogens (tertiary/aromatic N) is 2. The third-order valence-corrected chi connectivity index (χ3v) is 6.61. The van der Waals surface area contributed by atoms with E-state index in [1.165, 1.54) is 28.0 Å². The lowest BCUT2D eigenvalue weighted by Gasteiger charge is -2.14. The Morgan fingerprint density at radius 3 is 2.81 bits per heavy atom. The van der Waals surface area contributed by atoms with E-state index in [-0.39, 0.29) is 41.1 Å². The summed E-state index contributed by atoms with van der Waals surface area (Å²) in [4.78, 5) is 41.0. The molecule has 2 aromatic rings. The molecule has 0 spiro atoms. The van der Waals surface area contributed by atoms with Gasteiger partial charge in [0, 0.05) is 24.0 Å². The van der Waals surface area contributed by atoms with E-state index in [2.05, 4.69) is 10.3 Å². The number of rotatable bonds is 7. The zero-order valence-electron chi connectivity index (χ0n) is 14.0. The quantitative estimate of drug-likeness (QED) is 0.711. The molecule has 3 amide bonds. The van der Waals surface area contributed by atoms with Crippen molar-refractivity contribution in [2.24, 2.45) is 0 Å². The van der Waals surface area contributed by atoms with Gasteiger partial charge < -0.3 is 5.32 Å². The molecule has 9 heteroatoms. The fourth-order valence-corrected chi connectivity index (χ4v) is 5.04. The molecule has 1 N–H and O–H groups in total.